The molecule has 0 saturated heterocycles. The Kier molecular flexibility index (Phi) is 3.86. The molecular weight excluding hydrogens is 286 g/mol. The van der Waals surface area contributed by atoms with Gasteiger partial charge in [-0.15, -0.1) is 0 Å². The van der Waals surface area contributed by atoms with Crippen LogP contribution in [0.1, 0.15) is 12.8 Å². The molecule has 1 fully saturated rings. The van der Waals surface area contributed by atoms with Crippen molar-refractivity contribution in [3.05, 3.63) is 46.5 Å². The molecule has 3 rings (SSSR count). The second-order valence-corrected chi connectivity index (χ2v) is 5.29. The molecule has 0 heterocycles. The van der Waals surface area contributed by atoms with E-state index >= 15 is 0 Å². The second kappa shape index (κ2) is 5.97. The van der Waals surface area contributed by atoms with E-state index in [1.165, 1.54) is 12.1 Å². The Morgan fingerprint density at radius 2 is 2.27 bits per heavy atom. The third-order valence-electron chi connectivity index (χ3n) is 3.91. The molecule has 7 heteroatoms. The van der Waals surface area contributed by atoms with E-state index in [2.05, 4.69) is 22.7 Å². The van der Waals surface area contributed by atoms with Crippen molar-refractivity contribution in [3.63, 3.8) is 0 Å². The average Bonchev–Trinajstić information content (AvgIpc) is 2.87. The summed E-state index contributed by atoms with van der Waals surface area (Å²) in [5.41, 5.74) is 3.27. The number of para-hydroxylation sites is 2. The Labute approximate surface area is 126 Å². The number of allylic oxidation sites excluding steroid dienone is 2. The number of hydrogen-bond donors (Lipinski definition) is 1. The molecule has 1 saturated carbocycles. The predicted octanol–water partition coefficient (Wildman–Crippen LogP) is 2.04. The van der Waals surface area contributed by atoms with Gasteiger partial charge in [-0.1, -0.05) is 24.3 Å². The number of hydrogen-bond acceptors (Lipinski definition) is 5. The van der Waals surface area contributed by atoms with Crippen LogP contribution in [0, 0.1) is 22.0 Å². The lowest BCUT2D eigenvalue weighted by atomic mass is 9.74. The molecule has 1 N–H and O–H groups in total. The molecule has 114 valence electrons. The summed E-state index contributed by atoms with van der Waals surface area (Å²) in [7, 11) is 0. The highest BCUT2D eigenvalue weighted by molar-refractivity contribution is 5.94. The molecule has 0 spiro atoms. The number of nitro groups is 1. The quantitative estimate of drug-likeness (QED) is 0.511. The smallest absolute Gasteiger partial charge is 0.310 e. The first-order valence-electron chi connectivity index (χ1n) is 7.03. The highest BCUT2D eigenvalue weighted by Crippen LogP contribution is 2.40. The molecule has 7 nitrogen and oxygen atoms in total. The van der Waals surface area contributed by atoms with Crippen LogP contribution < -0.4 is 10.2 Å². The Hall–Kier alpha value is -2.70. The maximum atomic E-state index is 11.7. The SMILES string of the molecule is O=C(COc1ccccc1[N+](=O)[O-])N/N=C1/C[C@H]2C=CC[C@H]12. The van der Waals surface area contributed by atoms with Crippen LogP contribution in [-0.4, -0.2) is 23.1 Å². The van der Waals surface area contributed by atoms with E-state index in [9.17, 15) is 14.9 Å². The van der Waals surface area contributed by atoms with Crippen molar-refractivity contribution in [2.24, 2.45) is 16.9 Å². The fourth-order valence-electron chi connectivity index (χ4n) is 2.70. The number of fused-ring (bicyclic) bond motifs is 1. The Morgan fingerprint density at radius 1 is 1.45 bits per heavy atom. The molecule has 0 aromatic heterocycles. The van der Waals surface area contributed by atoms with Crippen LogP contribution in [0.25, 0.3) is 0 Å². The number of amides is 1. The first-order chi connectivity index (χ1) is 10.6. The predicted molar refractivity (Wildman–Crippen MR) is 79.5 cm³/mol. The number of carbonyl (C=O) groups is 1. The van der Waals surface area contributed by atoms with E-state index in [1.807, 2.05) is 0 Å². The summed E-state index contributed by atoms with van der Waals surface area (Å²) in [5.74, 6) is 0.634. The fourth-order valence-corrected chi connectivity index (χ4v) is 2.70. The van der Waals surface area contributed by atoms with E-state index in [0.717, 1.165) is 18.6 Å². The Morgan fingerprint density at radius 3 is 3.05 bits per heavy atom. The highest BCUT2D eigenvalue weighted by Gasteiger charge is 2.37. The molecular formula is C15H15N3O4. The van der Waals surface area contributed by atoms with Crippen molar-refractivity contribution in [1.29, 1.82) is 0 Å². The molecule has 2 aliphatic rings. The van der Waals surface area contributed by atoms with Gasteiger partial charge in [0.05, 0.1) is 4.92 Å². The van der Waals surface area contributed by atoms with E-state index in [0.29, 0.717) is 11.8 Å². The van der Waals surface area contributed by atoms with Crippen LogP contribution in [-0.2, 0) is 4.79 Å². The zero-order valence-corrected chi connectivity index (χ0v) is 11.8. The minimum absolute atomic E-state index is 0.0685. The van der Waals surface area contributed by atoms with Gasteiger partial charge < -0.3 is 4.74 Å². The molecule has 1 amide bonds. The van der Waals surface area contributed by atoms with Crippen LogP contribution >= 0.6 is 0 Å². The molecule has 0 unspecified atom stereocenters. The normalized spacial score (nSPS) is 23.7. The number of benzene rings is 1. The summed E-state index contributed by atoms with van der Waals surface area (Å²) >= 11 is 0. The lowest BCUT2D eigenvalue weighted by Crippen LogP contribution is -2.36. The average molecular weight is 301 g/mol. The van der Waals surface area contributed by atoms with Crippen molar-refractivity contribution in [3.8, 4) is 5.75 Å². The van der Waals surface area contributed by atoms with Crippen molar-refractivity contribution < 1.29 is 14.5 Å². The van der Waals surface area contributed by atoms with Gasteiger partial charge in [-0.05, 0) is 24.8 Å². The van der Waals surface area contributed by atoms with Crippen molar-refractivity contribution >= 4 is 17.3 Å². The van der Waals surface area contributed by atoms with Crippen LogP contribution in [0.4, 0.5) is 5.69 Å². The number of nitro benzene ring substituents is 1. The zero-order valence-electron chi connectivity index (χ0n) is 11.8. The third-order valence-corrected chi connectivity index (χ3v) is 3.91. The molecule has 22 heavy (non-hydrogen) atoms. The summed E-state index contributed by atoms with van der Waals surface area (Å²) in [4.78, 5) is 22.0. The van der Waals surface area contributed by atoms with Crippen LogP contribution in [0.15, 0.2) is 41.5 Å². The third kappa shape index (κ3) is 2.83. The monoisotopic (exact) mass is 301 g/mol. The summed E-state index contributed by atoms with van der Waals surface area (Å²) in [6, 6.07) is 5.94. The number of nitrogens with zero attached hydrogens (tertiary/aromatic N) is 2. The van der Waals surface area contributed by atoms with Gasteiger partial charge in [-0.3, -0.25) is 14.9 Å². The minimum Gasteiger partial charge on any atom is -0.477 e. The van der Waals surface area contributed by atoms with Gasteiger partial charge in [0.15, 0.2) is 12.4 Å². The van der Waals surface area contributed by atoms with Crippen molar-refractivity contribution in [2.45, 2.75) is 12.8 Å². The van der Waals surface area contributed by atoms with E-state index in [-0.39, 0.29) is 18.0 Å². The molecule has 0 aliphatic heterocycles. The minimum atomic E-state index is -0.547. The zero-order chi connectivity index (χ0) is 15.5. The molecule has 0 radical (unpaired) electrons. The van der Waals surface area contributed by atoms with Crippen LogP contribution in [0.2, 0.25) is 0 Å². The molecule has 0 bridgehead atoms. The lowest BCUT2D eigenvalue weighted by molar-refractivity contribution is -0.385. The van der Waals surface area contributed by atoms with Gasteiger partial charge >= 0.3 is 5.69 Å². The summed E-state index contributed by atoms with van der Waals surface area (Å²) in [6.45, 7) is -0.312. The van der Waals surface area contributed by atoms with Gasteiger partial charge in [0, 0.05) is 17.7 Å². The first-order valence-corrected chi connectivity index (χ1v) is 7.03. The standard InChI is InChI=1S/C15H15N3O4/c19-15(17-16-12-8-10-4-3-5-11(10)12)9-22-14-7-2-1-6-13(14)18(20)21/h1-4,6-7,10-11H,5,8-9H2,(H,17,19)/b16-12-/t10-,11+/m1/s1. The first kappa shape index (κ1) is 14.2. The van der Waals surface area contributed by atoms with Gasteiger partial charge in [-0.25, -0.2) is 5.43 Å². The van der Waals surface area contributed by atoms with E-state index in [4.69, 9.17) is 4.74 Å². The second-order valence-electron chi connectivity index (χ2n) is 5.29. The molecule has 1 aromatic carbocycles. The van der Waals surface area contributed by atoms with Crippen LogP contribution in [0.5, 0.6) is 5.75 Å². The Bertz CT molecular complexity index is 669. The van der Waals surface area contributed by atoms with E-state index in [1.54, 1.807) is 12.1 Å². The fraction of sp³-hybridized carbons (Fsp3) is 0.333. The van der Waals surface area contributed by atoms with Gasteiger partial charge in [0.25, 0.3) is 5.91 Å². The lowest BCUT2D eigenvalue weighted by Gasteiger charge is -2.31. The summed E-state index contributed by atoms with van der Waals surface area (Å²) in [5, 5.41) is 14.9. The van der Waals surface area contributed by atoms with Crippen molar-refractivity contribution in [2.75, 3.05) is 6.61 Å². The molecule has 1 aromatic rings. The van der Waals surface area contributed by atoms with Gasteiger partial charge in [-0.2, -0.15) is 5.10 Å². The summed E-state index contributed by atoms with van der Waals surface area (Å²) in [6.07, 6.45) is 6.18. The largest absolute Gasteiger partial charge is 0.477 e. The molecule has 2 aliphatic carbocycles. The topological polar surface area (TPSA) is 93.8 Å². The van der Waals surface area contributed by atoms with Crippen molar-refractivity contribution in [1.82, 2.24) is 5.43 Å². The molecule has 2 atom stereocenters. The highest BCUT2D eigenvalue weighted by atomic mass is 16.6. The maximum Gasteiger partial charge on any atom is 0.310 e. The Balaban J connectivity index is 1.51. The number of hydrazone groups is 1. The summed E-state index contributed by atoms with van der Waals surface area (Å²) < 4.78 is 5.20. The van der Waals surface area contributed by atoms with Gasteiger partial charge in [0.2, 0.25) is 0 Å². The number of nitrogens with one attached hydrogen (secondary N) is 1. The van der Waals surface area contributed by atoms with E-state index < -0.39 is 10.8 Å². The van der Waals surface area contributed by atoms with Crippen LogP contribution in [0.3, 0.4) is 0 Å². The van der Waals surface area contributed by atoms with Gasteiger partial charge in [0.1, 0.15) is 0 Å². The number of rotatable bonds is 5. The number of carbonyl (C=O) groups excluding carboxylic acids is 1. The number of ether oxygens (including phenoxy) is 1. The maximum absolute atomic E-state index is 11.7.